The summed E-state index contributed by atoms with van der Waals surface area (Å²) in [5.41, 5.74) is 6.91. The van der Waals surface area contributed by atoms with Gasteiger partial charge in [-0.25, -0.2) is 0 Å². The summed E-state index contributed by atoms with van der Waals surface area (Å²) < 4.78 is 10.8. The van der Waals surface area contributed by atoms with E-state index in [1.807, 2.05) is 24.3 Å². The van der Waals surface area contributed by atoms with Gasteiger partial charge in [-0.1, -0.05) is 24.3 Å². The molecule has 0 aliphatic heterocycles. The maximum Gasteiger partial charge on any atom is 0.311 e. The highest BCUT2D eigenvalue weighted by Gasteiger charge is 2.16. The normalized spacial score (nSPS) is 10.2. The summed E-state index contributed by atoms with van der Waals surface area (Å²) in [5, 5.41) is 11.1. The molecule has 0 saturated heterocycles. The van der Waals surface area contributed by atoms with Crippen LogP contribution in [0, 0.1) is 10.1 Å². The van der Waals surface area contributed by atoms with Gasteiger partial charge >= 0.3 is 5.69 Å². The largest absolute Gasteiger partial charge is 0.496 e. The zero-order chi connectivity index (χ0) is 15.2. The molecule has 0 aromatic heterocycles. The van der Waals surface area contributed by atoms with E-state index < -0.39 is 4.92 Å². The fourth-order valence-corrected chi connectivity index (χ4v) is 1.93. The van der Waals surface area contributed by atoms with Crippen molar-refractivity contribution in [3.8, 4) is 11.5 Å². The van der Waals surface area contributed by atoms with Gasteiger partial charge < -0.3 is 15.2 Å². The van der Waals surface area contributed by atoms with E-state index >= 15 is 0 Å². The minimum Gasteiger partial charge on any atom is -0.496 e. The molecule has 2 rings (SSSR count). The lowest BCUT2D eigenvalue weighted by atomic mass is 10.2. The van der Waals surface area contributed by atoms with E-state index in [-0.39, 0.29) is 24.6 Å². The van der Waals surface area contributed by atoms with Gasteiger partial charge in [0.25, 0.3) is 0 Å². The first-order valence-electron chi connectivity index (χ1n) is 6.37. The van der Waals surface area contributed by atoms with Gasteiger partial charge in [-0.15, -0.1) is 0 Å². The van der Waals surface area contributed by atoms with Crippen LogP contribution in [0.15, 0.2) is 42.5 Å². The maximum absolute atomic E-state index is 11.1. The number of nitro benzene ring substituents is 1. The molecule has 0 amide bonds. The summed E-state index contributed by atoms with van der Waals surface area (Å²) in [6.07, 6.45) is 0. The Morgan fingerprint density at radius 3 is 2.62 bits per heavy atom. The second kappa shape index (κ2) is 6.71. The molecular weight excluding hydrogens is 272 g/mol. The highest BCUT2D eigenvalue weighted by molar-refractivity contribution is 5.49. The van der Waals surface area contributed by atoms with Crippen LogP contribution in [-0.2, 0) is 13.2 Å². The minimum atomic E-state index is -0.475. The van der Waals surface area contributed by atoms with E-state index in [0.29, 0.717) is 11.3 Å². The fourth-order valence-electron chi connectivity index (χ4n) is 1.93. The highest BCUT2D eigenvalue weighted by atomic mass is 16.6. The molecule has 0 radical (unpaired) electrons. The third kappa shape index (κ3) is 3.49. The van der Waals surface area contributed by atoms with Crippen LogP contribution in [0.1, 0.15) is 11.1 Å². The lowest BCUT2D eigenvalue weighted by molar-refractivity contribution is -0.386. The van der Waals surface area contributed by atoms with Gasteiger partial charge in [-0.05, 0) is 17.7 Å². The molecule has 0 aliphatic rings. The zero-order valence-corrected chi connectivity index (χ0v) is 11.6. The molecule has 0 spiro atoms. The van der Waals surface area contributed by atoms with E-state index in [2.05, 4.69) is 0 Å². The summed E-state index contributed by atoms with van der Waals surface area (Å²) in [6, 6.07) is 12.1. The van der Waals surface area contributed by atoms with Crippen molar-refractivity contribution in [3.63, 3.8) is 0 Å². The van der Waals surface area contributed by atoms with Crippen molar-refractivity contribution in [2.45, 2.75) is 13.2 Å². The number of nitro groups is 1. The summed E-state index contributed by atoms with van der Waals surface area (Å²) in [5.74, 6) is 0.891. The molecule has 0 unspecified atom stereocenters. The molecule has 21 heavy (non-hydrogen) atoms. The maximum atomic E-state index is 11.1. The Balaban J connectivity index is 2.21. The molecule has 2 aromatic rings. The SMILES string of the molecule is COc1ccccc1COc1ccc(CN)cc1[N+](=O)[O-]. The van der Waals surface area contributed by atoms with E-state index in [1.54, 1.807) is 19.2 Å². The van der Waals surface area contributed by atoms with Crippen LogP contribution in [0.3, 0.4) is 0 Å². The predicted octanol–water partition coefficient (Wildman–Crippen LogP) is 2.64. The Morgan fingerprint density at radius 2 is 1.95 bits per heavy atom. The number of rotatable bonds is 6. The van der Waals surface area contributed by atoms with Gasteiger partial charge in [0.15, 0.2) is 5.75 Å². The molecule has 0 heterocycles. The lowest BCUT2D eigenvalue weighted by Crippen LogP contribution is -2.03. The second-order valence-electron chi connectivity index (χ2n) is 4.36. The third-order valence-electron chi connectivity index (χ3n) is 3.03. The Bertz CT molecular complexity index is 643. The molecule has 0 aliphatic carbocycles. The van der Waals surface area contributed by atoms with Gasteiger partial charge in [0.05, 0.1) is 12.0 Å². The van der Waals surface area contributed by atoms with Crippen LogP contribution in [0.5, 0.6) is 11.5 Å². The number of nitrogens with zero attached hydrogens (tertiary/aromatic N) is 1. The van der Waals surface area contributed by atoms with Crippen molar-refractivity contribution in [2.75, 3.05) is 7.11 Å². The molecule has 110 valence electrons. The first kappa shape index (κ1) is 14.8. The van der Waals surface area contributed by atoms with E-state index in [1.165, 1.54) is 6.07 Å². The summed E-state index contributed by atoms with van der Waals surface area (Å²) >= 11 is 0. The molecule has 0 bridgehead atoms. The number of benzene rings is 2. The van der Waals surface area contributed by atoms with Crippen molar-refractivity contribution in [1.29, 1.82) is 0 Å². The number of nitrogens with two attached hydrogens (primary N) is 1. The predicted molar refractivity (Wildman–Crippen MR) is 78.3 cm³/mol. The van der Waals surface area contributed by atoms with Crippen molar-refractivity contribution in [1.82, 2.24) is 0 Å². The highest BCUT2D eigenvalue weighted by Crippen LogP contribution is 2.29. The average molecular weight is 288 g/mol. The van der Waals surface area contributed by atoms with Gasteiger partial charge in [-0.3, -0.25) is 10.1 Å². The molecule has 0 fully saturated rings. The Hall–Kier alpha value is -2.60. The Morgan fingerprint density at radius 1 is 1.19 bits per heavy atom. The van der Waals surface area contributed by atoms with Gasteiger partial charge in [-0.2, -0.15) is 0 Å². The van der Waals surface area contributed by atoms with E-state index in [9.17, 15) is 10.1 Å². The first-order valence-corrected chi connectivity index (χ1v) is 6.37. The first-order chi connectivity index (χ1) is 10.2. The number of hydrogen-bond donors (Lipinski definition) is 1. The van der Waals surface area contributed by atoms with Gasteiger partial charge in [0, 0.05) is 18.2 Å². The molecule has 6 heteroatoms. The van der Waals surface area contributed by atoms with E-state index in [0.717, 1.165) is 5.56 Å². The fraction of sp³-hybridized carbons (Fsp3) is 0.200. The van der Waals surface area contributed by atoms with Crippen LogP contribution in [0.2, 0.25) is 0 Å². The van der Waals surface area contributed by atoms with Crippen LogP contribution in [0.25, 0.3) is 0 Å². The van der Waals surface area contributed by atoms with Crippen LogP contribution < -0.4 is 15.2 Å². The van der Waals surface area contributed by atoms with Crippen molar-refractivity contribution >= 4 is 5.69 Å². The van der Waals surface area contributed by atoms with Crippen LogP contribution in [-0.4, -0.2) is 12.0 Å². The standard InChI is InChI=1S/C15H16N2O4/c1-20-14-5-3-2-4-12(14)10-21-15-7-6-11(9-16)8-13(15)17(18)19/h2-8H,9-10,16H2,1H3. The van der Waals surface area contributed by atoms with Crippen molar-refractivity contribution < 1.29 is 14.4 Å². The summed E-state index contributed by atoms with van der Waals surface area (Å²) in [4.78, 5) is 10.6. The average Bonchev–Trinajstić information content (AvgIpc) is 2.52. The third-order valence-corrected chi connectivity index (χ3v) is 3.03. The quantitative estimate of drug-likeness (QED) is 0.652. The molecular formula is C15H16N2O4. The topological polar surface area (TPSA) is 87.6 Å². The van der Waals surface area contributed by atoms with Crippen LogP contribution >= 0.6 is 0 Å². The number of methoxy groups -OCH3 is 1. The molecule has 6 nitrogen and oxygen atoms in total. The molecule has 2 aromatic carbocycles. The number of hydrogen-bond acceptors (Lipinski definition) is 5. The van der Waals surface area contributed by atoms with Gasteiger partial charge in [0.1, 0.15) is 12.4 Å². The monoisotopic (exact) mass is 288 g/mol. The minimum absolute atomic E-state index is 0.0900. The van der Waals surface area contributed by atoms with Crippen molar-refractivity contribution in [3.05, 3.63) is 63.7 Å². The Kier molecular flexibility index (Phi) is 4.73. The molecule has 0 saturated carbocycles. The molecule has 2 N–H and O–H groups in total. The zero-order valence-electron chi connectivity index (χ0n) is 11.6. The second-order valence-corrected chi connectivity index (χ2v) is 4.36. The van der Waals surface area contributed by atoms with Crippen LogP contribution in [0.4, 0.5) is 5.69 Å². The Labute approximate surface area is 122 Å². The lowest BCUT2D eigenvalue weighted by Gasteiger charge is -2.10. The smallest absolute Gasteiger partial charge is 0.311 e. The van der Waals surface area contributed by atoms with Gasteiger partial charge in [0.2, 0.25) is 0 Å². The summed E-state index contributed by atoms with van der Waals surface area (Å²) in [7, 11) is 1.57. The molecule has 0 atom stereocenters. The number of ether oxygens (including phenoxy) is 2. The number of para-hydroxylation sites is 1. The van der Waals surface area contributed by atoms with E-state index in [4.69, 9.17) is 15.2 Å². The van der Waals surface area contributed by atoms with Crippen molar-refractivity contribution in [2.24, 2.45) is 5.73 Å². The summed E-state index contributed by atoms with van der Waals surface area (Å²) in [6.45, 7) is 0.431.